The van der Waals surface area contributed by atoms with Crippen LogP contribution in [-0.2, 0) is 10.1 Å². The molecule has 0 amide bonds. The molecule has 0 aliphatic heterocycles. The van der Waals surface area contributed by atoms with Crippen molar-refractivity contribution in [3.8, 4) is 11.5 Å². The number of halogens is 1. The molecule has 6 heteroatoms. The summed E-state index contributed by atoms with van der Waals surface area (Å²) in [5.74, 6) is 0.0635. The number of phenols is 1. The van der Waals surface area contributed by atoms with E-state index in [4.69, 9.17) is 15.8 Å². The lowest BCUT2D eigenvalue weighted by Gasteiger charge is -2.11. The number of benzene rings is 3. The molecule has 0 aliphatic rings. The number of hydrogen-bond acceptors (Lipinski definition) is 4. The zero-order valence-corrected chi connectivity index (χ0v) is 12.8. The van der Waals surface area contributed by atoms with Crippen LogP contribution in [0, 0.1) is 0 Å². The van der Waals surface area contributed by atoms with Gasteiger partial charge in [0.05, 0.1) is 5.02 Å². The van der Waals surface area contributed by atoms with Crippen LogP contribution < -0.4 is 4.18 Å². The summed E-state index contributed by atoms with van der Waals surface area (Å²) in [4.78, 5) is -0.0270. The lowest BCUT2D eigenvalue weighted by molar-refractivity contribution is 0.480. The molecule has 3 aromatic rings. The smallest absolute Gasteiger partial charge is 0.339 e. The van der Waals surface area contributed by atoms with Crippen molar-refractivity contribution in [1.29, 1.82) is 0 Å². The molecule has 0 saturated carbocycles. The molecule has 0 spiro atoms. The molecule has 0 radical (unpaired) electrons. The molecule has 1 N–H and O–H groups in total. The molecular weight excluding hydrogens is 324 g/mol. The highest BCUT2D eigenvalue weighted by Gasteiger charge is 2.21. The van der Waals surface area contributed by atoms with Gasteiger partial charge < -0.3 is 9.29 Å². The quantitative estimate of drug-likeness (QED) is 0.736. The van der Waals surface area contributed by atoms with Crippen molar-refractivity contribution in [3.63, 3.8) is 0 Å². The molecule has 0 saturated heterocycles. The fourth-order valence-electron chi connectivity index (χ4n) is 2.15. The van der Waals surface area contributed by atoms with E-state index in [-0.39, 0.29) is 21.4 Å². The zero-order valence-electron chi connectivity index (χ0n) is 11.2. The Kier molecular flexibility index (Phi) is 3.68. The molecule has 112 valence electrons. The second kappa shape index (κ2) is 5.51. The maximum absolute atomic E-state index is 12.5. The molecule has 0 atom stereocenters. The number of para-hydroxylation sites is 1. The van der Waals surface area contributed by atoms with Crippen molar-refractivity contribution in [2.75, 3.05) is 0 Å². The van der Waals surface area contributed by atoms with Crippen molar-refractivity contribution >= 4 is 32.5 Å². The van der Waals surface area contributed by atoms with Gasteiger partial charge in [0.15, 0.2) is 5.75 Å². The van der Waals surface area contributed by atoms with E-state index >= 15 is 0 Å². The Labute approximate surface area is 132 Å². The predicted molar refractivity (Wildman–Crippen MR) is 84.9 cm³/mol. The summed E-state index contributed by atoms with van der Waals surface area (Å²) in [6, 6.07) is 15.6. The van der Waals surface area contributed by atoms with Gasteiger partial charge in [-0.15, -0.1) is 0 Å². The van der Waals surface area contributed by atoms with Gasteiger partial charge in [-0.2, -0.15) is 8.42 Å². The Morgan fingerprint density at radius 1 is 0.864 bits per heavy atom. The topological polar surface area (TPSA) is 63.6 Å². The lowest BCUT2D eigenvalue weighted by atomic mass is 10.1. The van der Waals surface area contributed by atoms with Crippen molar-refractivity contribution in [2.24, 2.45) is 0 Å². The van der Waals surface area contributed by atoms with E-state index in [2.05, 4.69) is 0 Å². The molecule has 0 unspecified atom stereocenters. The molecular formula is C16H11ClO4S. The van der Waals surface area contributed by atoms with Gasteiger partial charge in [-0.25, -0.2) is 0 Å². The summed E-state index contributed by atoms with van der Waals surface area (Å²) in [6.45, 7) is 0. The van der Waals surface area contributed by atoms with Gasteiger partial charge in [-0.05, 0) is 24.3 Å². The highest BCUT2D eigenvalue weighted by molar-refractivity contribution is 7.87. The Hall–Kier alpha value is -2.24. The second-order valence-electron chi connectivity index (χ2n) is 4.60. The van der Waals surface area contributed by atoms with Gasteiger partial charge in [-0.3, -0.25) is 0 Å². The van der Waals surface area contributed by atoms with Crippen LogP contribution in [-0.4, -0.2) is 13.5 Å². The predicted octanol–water partition coefficient (Wildman–Crippen LogP) is 3.97. The SMILES string of the molecule is O=S(=O)(Oc1ccccc1Cl)c1ccc(O)c2ccccc12. The van der Waals surface area contributed by atoms with Crippen LogP contribution >= 0.6 is 11.6 Å². The second-order valence-corrected chi connectivity index (χ2v) is 6.52. The van der Waals surface area contributed by atoms with Crippen molar-refractivity contribution < 1.29 is 17.7 Å². The number of hydrogen-bond donors (Lipinski definition) is 1. The highest BCUT2D eigenvalue weighted by atomic mass is 35.5. The van der Waals surface area contributed by atoms with E-state index in [1.807, 2.05) is 0 Å². The molecule has 3 rings (SSSR count). The van der Waals surface area contributed by atoms with E-state index in [1.165, 1.54) is 18.2 Å². The van der Waals surface area contributed by atoms with Gasteiger partial charge in [0.25, 0.3) is 0 Å². The highest BCUT2D eigenvalue weighted by Crippen LogP contribution is 2.33. The van der Waals surface area contributed by atoms with Gasteiger partial charge in [0, 0.05) is 10.8 Å². The Morgan fingerprint density at radius 2 is 1.50 bits per heavy atom. The van der Waals surface area contributed by atoms with Gasteiger partial charge in [0.2, 0.25) is 0 Å². The van der Waals surface area contributed by atoms with E-state index in [1.54, 1.807) is 42.5 Å². The minimum atomic E-state index is -4.07. The number of fused-ring (bicyclic) bond motifs is 1. The fourth-order valence-corrected chi connectivity index (χ4v) is 3.52. The Morgan fingerprint density at radius 3 is 2.23 bits per heavy atom. The molecule has 4 nitrogen and oxygen atoms in total. The fraction of sp³-hybridized carbons (Fsp3) is 0. The summed E-state index contributed by atoms with van der Waals surface area (Å²) in [7, 11) is -4.07. The first kappa shape index (κ1) is 14.7. The minimum absolute atomic E-state index is 0.00675. The van der Waals surface area contributed by atoms with Gasteiger partial charge in [0.1, 0.15) is 10.6 Å². The molecule has 0 aliphatic carbocycles. The largest absolute Gasteiger partial charge is 0.507 e. The van der Waals surface area contributed by atoms with Crippen molar-refractivity contribution in [1.82, 2.24) is 0 Å². The molecule has 3 aromatic carbocycles. The van der Waals surface area contributed by atoms with E-state index in [9.17, 15) is 13.5 Å². The third kappa shape index (κ3) is 2.61. The monoisotopic (exact) mass is 334 g/mol. The van der Waals surface area contributed by atoms with Crippen LogP contribution in [0.4, 0.5) is 0 Å². The van der Waals surface area contributed by atoms with Crippen LogP contribution in [0.2, 0.25) is 5.02 Å². The molecule has 22 heavy (non-hydrogen) atoms. The van der Waals surface area contributed by atoms with Gasteiger partial charge in [-0.1, -0.05) is 48.0 Å². The summed E-state index contributed by atoms with van der Waals surface area (Å²) in [5, 5.41) is 10.9. The molecule has 0 fully saturated rings. The average molecular weight is 335 g/mol. The third-order valence-corrected chi connectivity index (χ3v) is 4.77. The van der Waals surface area contributed by atoms with E-state index in [0.29, 0.717) is 10.8 Å². The normalized spacial score (nSPS) is 11.5. The number of phenolic OH excluding ortho intramolecular Hbond substituents is 1. The maximum atomic E-state index is 12.5. The van der Waals surface area contributed by atoms with Crippen LogP contribution in [0.25, 0.3) is 10.8 Å². The van der Waals surface area contributed by atoms with Gasteiger partial charge >= 0.3 is 10.1 Å². The van der Waals surface area contributed by atoms with Crippen LogP contribution in [0.15, 0.2) is 65.6 Å². The lowest BCUT2D eigenvalue weighted by Crippen LogP contribution is -2.10. The first-order valence-electron chi connectivity index (χ1n) is 6.39. The van der Waals surface area contributed by atoms with Crippen LogP contribution in [0.5, 0.6) is 11.5 Å². The summed E-state index contributed by atoms with van der Waals surface area (Å²) >= 11 is 5.93. The molecule has 0 heterocycles. The standard InChI is InChI=1S/C16H11ClO4S/c17-13-7-3-4-8-15(13)21-22(19,20)16-10-9-14(18)11-5-1-2-6-12(11)16/h1-10,18H. The number of aromatic hydroxyl groups is 1. The summed E-state index contributed by atoms with van der Waals surface area (Å²) in [5.41, 5.74) is 0. The molecule has 0 aromatic heterocycles. The Balaban J connectivity index is 2.14. The van der Waals surface area contributed by atoms with Crippen molar-refractivity contribution in [3.05, 3.63) is 65.7 Å². The third-order valence-electron chi connectivity index (χ3n) is 3.17. The first-order valence-corrected chi connectivity index (χ1v) is 8.17. The van der Waals surface area contributed by atoms with Crippen molar-refractivity contribution in [2.45, 2.75) is 4.90 Å². The Bertz CT molecular complexity index is 951. The number of rotatable bonds is 3. The van der Waals surface area contributed by atoms with Crippen LogP contribution in [0.3, 0.4) is 0 Å². The molecule has 0 bridgehead atoms. The zero-order chi connectivity index (χ0) is 15.7. The minimum Gasteiger partial charge on any atom is -0.507 e. The first-order chi connectivity index (χ1) is 10.5. The summed E-state index contributed by atoms with van der Waals surface area (Å²) in [6.07, 6.45) is 0. The van der Waals surface area contributed by atoms with E-state index < -0.39 is 10.1 Å². The average Bonchev–Trinajstić information content (AvgIpc) is 2.50. The summed E-state index contributed by atoms with van der Waals surface area (Å²) < 4.78 is 30.2. The maximum Gasteiger partial charge on any atom is 0.339 e. The van der Waals surface area contributed by atoms with E-state index in [0.717, 1.165) is 0 Å². The van der Waals surface area contributed by atoms with Crippen LogP contribution in [0.1, 0.15) is 0 Å².